The van der Waals surface area contributed by atoms with Crippen molar-refractivity contribution in [2.75, 3.05) is 11.4 Å². The van der Waals surface area contributed by atoms with Crippen molar-refractivity contribution in [3.63, 3.8) is 0 Å². The molecule has 0 radical (unpaired) electrons. The van der Waals surface area contributed by atoms with Gasteiger partial charge in [0.2, 0.25) is 5.91 Å². The number of hydrogen-bond acceptors (Lipinski definition) is 2. The van der Waals surface area contributed by atoms with Crippen LogP contribution in [0.4, 0.5) is 5.69 Å². The van der Waals surface area contributed by atoms with Crippen LogP contribution in [-0.2, 0) is 11.2 Å². The molecule has 0 fully saturated rings. The second kappa shape index (κ2) is 3.33. The van der Waals surface area contributed by atoms with E-state index in [1.54, 1.807) is 17.0 Å². The molecule has 1 aromatic carbocycles. The molecule has 2 rings (SSSR count). The first kappa shape index (κ1) is 9.06. The molecule has 1 amide bonds. The van der Waals surface area contributed by atoms with E-state index in [-0.39, 0.29) is 5.91 Å². The normalized spacial score (nSPS) is 15.5. The molecule has 0 saturated heterocycles. The maximum atomic E-state index is 11.5. The molecule has 0 bridgehead atoms. The van der Waals surface area contributed by atoms with Gasteiger partial charge in [0.25, 0.3) is 0 Å². The molecule has 1 aromatic rings. The van der Waals surface area contributed by atoms with E-state index in [2.05, 4.69) is 0 Å². The second-order valence-electron chi connectivity index (χ2n) is 3.41. The van der Waals surface area contributed by atoms with Crippen molar-refractivity contribution in [3.8, 4) is 5.75 Å². The quantitative estimate of drug-likeness (QED) is 0.733. The fraction of sp³-hybridized carbons (Fsp3) is 0.364. The van der Waals surface area contributed by atoms with Gasteiger partial charge in [-0.1, -0.05) is 6.07 Å². The first-order valence-corrected chi connectivity index (χ1v) is 4.85. The summed E-state index contributed by atoms with van der Waals surface area (Å²) in [5.74, 6) is 0.444. The van der Waals surface area contributed by atoms with E-state index in [9.17, 15) is 9.90 Å². The topological polar surface area (TPSA) is 40.5 Å². The Labute approximate surface area is 83.0 Å². The van der Waals surface area contributed by atoms with Gasteiger partial charge in [0.05, 0.1) is 5.69 Å². The predicted molar refractivity (Wildman–Crippen MR) is 54.5 cm³/mol. The minimum Gasteiger partial charge on any atom is -0.508 e. The highest BCUT2D eigenvalue weighted by Gasteiger charge is 2.24. The highest BCUT2D eigenvalue weighted by atomic mass is 16.3. The molecule has 3 nitrogen and oxygen atoms in total. The Morgan fingerprint density at radius 2 is 2.21 bits per heavy atom. The van der Waals surface area contributed by atoms with Gasteiger partial charge in [0.15, 0.2) is 0 Å². The SMILES string of the molecule is CCN1C(=O)CCc2c(O)cccc21. The highest BCUT2D eigenvalue weighted by Crippen LogP contribution is 2.33. The van der Waals surface area contributed by atoms with E-state index in [1.807, 2.05) is 13.0 Å². The third-order valence-electron chi connectivity index (χ3n) is 2.62. The molecule has 74 valence electrons. The van der Waals surface area contributed by atoms with E-state index in [0.29, 0.717) is 25.1 Å². The second-order valence-corrected chi connectivity index (χ2v) is 3.41. The van der Waals surface area contributed by atoms with Crippen molar-refractivity contribution in [2.45, 2.75) is 19.8 Å². The summed E-state index contributed by atoms with van der Waals surface area (Å²) in [6.45, 7) is 2.60. The average molecular weight is 191 g/mol. The van der Waals surface area contributed by atoms with Crippen molar-refractivity contribution in [2.24, 2.45) is 0 Å². The molecule has 1 heterocycles. The van der Waals surface area contributed by atoms with Gasteiger partial charge in [-0.25, -0.2) is 0 Å². The Bertz CT molecular complexity index is 374. The summed E-state index contributed by atoms with van der Waals surface area (Å²) in [6, 6.07) is 5.33. The van der Waals surface area contributed by atoms with Crippen LogP contribution in [0, 0.1) is 0 Å². The van der Waals surface area contributed by atoms with Gasteiger partial charge in [-0.05, 0) is 25.5 Å². The molecule has 0 saturated carbocycles. The maximum absolute atomic E-state index is 11.5. The number of aromatic hydroxyl groups is 1. The molecular weight excluding hydrogens is 178 g/mol. The fourth-order valence-corrected chi connectivity index (χ4v) is 1.92. The van der Waals surface area contributed by atoms with Gasteiger partial charge in [0, 0.05) is 18.5 Å². The lowest BCUT2D eigenvalue weighted by Gasteiger charge is -2.28. The van der Waals surface area contributed by atoms with Crippen LogP contribution >= 0.6 is 0 Å². The molecule has 1 aliphatic heterocycles. The molecular formula is C11H13NO2. The molecule has 0 aliphatic carbocycles. The zero-order chi connectivity index (χ0) is 10.1. The molecule has 0 unspecified atom stereocenters. The Kier molecular flexibility index (Phi) is 2.15. The van der Waals surface area contributed by atoms with E-state index in [0.717, 1.165) is 11.3 Å². The van der Waals surface area contributed by atoms with Crippen molar-refractivity contribution in [3.05, 3.63) is 23.8 Å². The van der Waals surface area contributed by atoms with E-state index >= 15 is 0 Å². The van der Waals surface area contributed by atoms with Crippen LogP contribution in [0.2, 0.25) is 0 Å². The van der Waals surface area contributed by atoms with Gasteiger partial charge < -0.3 is 10.0 Å². The van der Waals surface area contributed by atoms with Crippen LogP contribution in [-0.4, -0.2) is 17.6 Å². The van der Waals surface area contributed by atoms with Crippen molar-refractivity contribution < 1.29 is 9.90 Å². The van der Waals surface area contributed by atoms with Gasteiger partial charge in [-0.2, -0.15) is 0 Å². The Balaban J connectivity index is 2.52. The number of phenolic OH excluding ortho intramolecular Hbond substituents is 1. The Morgan fingerprint density at radius 1 is 1.43 bits per heavy atom. The summed E-state index contributed by atoms with van der Waals surface area (Å²) >= 11 is 0. The molecule has 1 N–H and O–H groups in total. The number of phenols is 1. The summed E-state index contributed by atoms with van der Waals surface area (Å²) in [5.41, 5.74) is 1.76. The molecule has 1 aliphatic rings. The third kappa shape index (κ3) is 1.25. The lowest BCUT2D eigenvalue weighted by molar-refractivity contribution is -0.118. The molecule has 3 heteroatoms. The lowest BCUT2D eigenvalue weighted by atomic mass is 10.0. The third-order valence-corrected chi connectivity index (χ3v) is 2.62. The first-order chi connectivity index (χ1) is 6.74. The summed E-state index contributed by atoms with van der Waals surface area (Å²) in [5, 5.41) is 9.62. The van der Waals surface area contributed by atoms with Gasteiger partial charge in [-0.3, -0.25) is 4.79 Å². The molecule has 0 spiro atoms. The predicted octanol–water partition coefficient (Wildman–Crippen LogP) is 1.69. The van der Waals surface area contributed by atoms with Crippen molar-refractivity contribution >= 4 is 11.6 Å². The summed E-state index contributed by atoms with van der Waals surface area (Å²) in [4.78, 5) is 13.3. The summed E-state index contributed by atoms with van der Waals surface area (Å²) in [7, 11) is 0. The van der Waals surface area contributed by atoms with Crippen LogP contribution in [0.5, 0.6) is 5.75 Å². The van der Waals surface area contributed by atoms with E-state index < -0.39 is 0 Å². The average Bonchev–Trinajstić information content (AvgIpc) is 2.18. The Morgan fingerprint density at radius 3 is 2.93 bits per heavy atom. The monoisotopic (exact) mass is 191 g/mol. The standard InChI is InChI=1S/C11H13NO2/c1-2-12-9-4-3-5-10(13)8(9)6-7-11(12)14/h3-5,13H,2,6-7H2,1H3. The minimum atomic E-state index is 0.144. The van der Waals surface area contributed by atoms with Gasteiger partial charge in [0.1, 0.15) is 5.75 Å². The molecule has 0 atom stereocenters. The zero-order valence-electron chi connectivity index (χ0n) is 8.16. The molecule has 0 aromatic heterocycles. The van der Waals surface area contributed by atoms with Crippen LogP contribution in [0.15, 0.2) is 18.2 Å². The lowest BCUT2D eigenvalue weighted by Crippen LogP contribution is -2.34. The van der Waals surface area contributed by atoms with E-state index in [4.69, 9.17) is 0 Å². The zero-order valence-corrected chi connectivity index (χ0v) is 8.16. The minimum absolute atomic E-state index is 0.144. The summed E-state index contributed by atoms with van der Waals surface area (Å²) in [6.07, 6.45) is 1.15. The number of amides is 1. The number of benzene rings is 1. The molecule has 14 heavy (non-hydrogen) atoms. The number of nitrogens with zero attached hydrogens (tertiary/aromatic N) is 1. The van der Waals surface area contributed by atoms with Crippen molar-refractivity contribution in [1.82, 2.24) is 0 Å². The van der Waals surface area contributed by atoms with Crippen LogP contribution < -0.4 is 4.90 Å². The largest absolute Gasteiger partial charge is 0.508 e. The number of anilines is 1. The number of carbonyl (C=O) groups is 1. The van der Waals surface area contributed by atoms with Crippen LogP contribution in [0.25, 0.3) is 0 Å². The maximum Gasteiger partial charge on any atom is 0.227 e. The summed E-state index contributed by atoms with van der Waals surface area (Å²) < 4.78 is 0. The number of rotatable bonds is 1. The first-order valence-electron chi connectivity index (χ1n) is 4.85. The Hall–Kier alpha value is -1.51. The van der Waals surface area contributed by atoms with E-state index in [1.165, 1.54) is 0 Å². The van der Waals surface area contributed by atoms with Crippen LogP contribution in [0.3, 0.4) is 0 Å². The smallest absolute Gasteiger partial charge is 0.227 e. The number of carbonyl (C=O) groups excluding carboxylic acids is 1. The number of hydrogen-bond donors (Lipinski definition) is 1. The highest BCUT2D eigenvalue weighted by molar-refractivity contribution is 5.96. The number of fused-ring (bicyclic) bond motifs is 1. The van der Waals surface area contributed by atoms with Gasteiger partial charge >= 0.3 is 0 Å². The van der Waals surface area contributed by atoms with Gasteiger partial charge in [-0.15, -0.1) is 0 Å². The van der Waals surface area contributed by atoms with Crippen LogP contribution in [0.1, 0.15) is 18.9 Å². The van der Waals surface area contributed by atoms with Crippen molar-refractivity contribution in [1.29, 1.82) is 0 Å². The fourth-order valence-electron chi connectivity index (χ4n) is 1.92.